The maximum Gasteiger partial charge on any atom is 0.412 e. The van der Waals surface area contributed by atoms with E-state index in [4.69, 9.17) is 26.0 Å². The molecule has 8 heteroatoms. The van der Waals surface area contributed by atoms with E-state index in [1.54, 1.807) is 19.1 Å². The number of halogens is 1. The second kappa shape index (κ2) is 11.3. The number of hydrogen-bond donors (Lipinski definition) is 2. The summed E-state index contributed by atoms with van der Waals surface area (Å²) in [6, 6.07) is 15.0. The van der Waals surface area contributed by atoms with Crippen molar-refractivity contribution in [2.45, 2.75) is 45.1 Å². The molecule has 0 saturated heterocycles. The minimum absolute atomic E-state index is 0.209. The number of carboxylic acid groups (broad SMARTS) is 1. The first-order valence-electron chi connectivity index (χ1n) is 10.4. The van der Waals surface area contributed by atoms with Crippen molar-refractivity contribution in [2.75, 3.05) is 5.32 Å². The molecule has 3 aromatic rings. The number of amides is 1. The van der Waals surface area contributed by atoms with Gasteiger partial charge in [0, 0.05) is 22.6 Å². The van der Waals surface area contributed by atoms with E-state index in [-0.39, 0.29) is 6.42 Å². The highest BCUT2D eigenvalue weighted by Gasteiger charge is 2.18. The Labute approximate surface area is 191 Å². The lowest BCUT2D eigenvalue weighted by Gasteiger charge is -2.15. The zero-order valence-electron chi connectivity index (χ0n) is 17.7. The molecular formula is C24H25ClN2O5. The van der Waals surface area contributed by atoms with Crippen molar-refractivity contribution < 1.29 is 24.0 Å². The van der Waals surface area contributed by atoms with Gasteiger partial charge >= 0.3 is 12.1 Å². The third-order valence-corrected chi connectivity index (χ3v) is 5.36. The van der Waals surface area contributed by atoms with Gasteiger partial charge in [-0.1, -0.05) is 65.6 Å². The first-order chi connectivity index (χ1) is 15.4. The van der Waals surface area contributed by atoms with Crippen LogP contribution in [0.2, 0.25) is 5.02 Å². The van der Waals surface area contributed by atoms with Crippen LogP contribution >= 0.6 is 11.6 Å². The molecule has 1 amide bonds. The SMILES string of the molecule is C[C@@H](OC(=O)Nc1conc1-c1ccc(CCCCCC(=O)O)cc1)c1ccccc1Cl. The summed E-state index contributed by atoms with van der Waals surface area (Å²) in [5.41, 5.74) is 3.56. The van der Waals surface area contributed by atoms with E-state index in [2.05, 4.69) is 10.5 Å². The molecule has 0 radical (unpaired) electrons. The molecule has 0 fully saturated rings. The van der Waals surface area contributed by atoms with E-state index < -0.39 is 18.2 Å². The van der Waals surface area contributed by atoms with E-state index in [0.717, 1.165) is 30.4 Å². The van der Waals surface area contributed by atoms with E-state index >= 15 is 0 Å². The number of unbranched alkanes of at least 4 members (excludes halogenated alkanes) is 2. The first-order valence-corrected chi connectivity index (χ1v) is 10.8. The number of nitrogens with zero attached hydrogens (tertiary/aromatic N) is 1. The number of hydrogen-bond acceptors (Lipinski definition) is 5. The molecule has 2 N–H and O–H groups in total. The number of rotatable bonds is 10. The minimum Gasteiger partial charge on any atom is -0.481 e. The second-order valence-electron chi connectivity index (χ2n) is 7.42. The Hall–Kier alpha value is -3.32. The average Bonchev–Trinajstić information content (AvgIpc) is 3.21. The molecule has 3 rings (SSSR count). The maximum absolute atomic E-state index is 12.4. The summed E-state index contributed by atoms with van der Waals surface area (Å²) in [7, 11) is 0. The van der Waals surface area contributed by atoms with Crippen molar-refractivity contribution in [3.63, 3.8) is 0 Å². The largest absolute Gasteiger partial charge is 0.481 e. The van der Waals surface area contributed by atoms with Crippen LogP contribution in [0.25, 0.3) is 11.3 Å². The Morgan fingerprint density at radius 1 is 1.12 bits per heavy atom. The fourth-order valence-electron chi connectivity index (χ4n) is 3.31. The van der Waals surface area contributed by atoms with Gasteiger partial charge in [0.25, 0.3) is 0 Å². The summed E-state index contributed by atoms with van der Waals surface area (Å²) in [6.45, 7) is 1.75. The number of carbonyl (C=O) groups is 2. The zero-order chi connectivity index (χ0) is 22.9. The van der Waals surface area contributed by atoms with E-state index in [1.807, 2.05) is 36.4 Å². The molecule has 0 saturated carbocycles. The lowest BCUT2D eigenvalue weighted by atomic mass is 10.0. The van der Waals surface area contributed by atoms with Crippen LogP contribution in [-0.2, 0) is 16.0 Å². The van der Waals surface area contributed by atoms with Crippen molar-refractivity contribution in [3.05, 3.63) is 70.9 Å². The van der Waals surface area contributed by atoms with Crippen molar-refractivity contribution >= 4 is 29.4 Å². The zero-order valence-corrected chi connectivity index (χ0v) is 18.5. The Morgan fingerprint density at radius 3 is 2.59 bits per heavy atom. The summed E-state index contributed by atoms with van der Waals surface area (Å²) in [6.07, 6.45) is 3.76. The summed E-state index contributed by atoms with van der Waals surface area (Å²) >= 11 is 6.16. The number of aromatic nitrogens is 1. The quantitative estimate of drug-likeness (QED) is 0.338. The van der Waals surface area contributed by atoms with Crippen molar-refractivity contribution in [1.29, 1.82) is 0 Å². The van der Waals surface area contributed by atoms with Crippen LogP contribution in [-0.4, -0.2) is 22.3 Å². The summed E-state index contributed by atoms with van der Waals surface area (Å²) in [5.74, 6) is -0.756. The molecule has 0 unspecified atom stereocenters. The number of anilines is 1. The number of carbonyl (C=O) groups excluding carboxylic acids is 1. The van der Waals surface area contributed by atoms with E-state index in [9.17, 15) is 9.59 Å². The highest BCUT2D eigenvalue weighted by atomic mass is 35.5. The monoisotopic (exact) mass is 456 g/mol. The van der Waals surface area contributed by atoms with Crippen molar-refractivity contribution in [1.82, 2.24) is 5.16 Å². The van der Waals surface area contributed by atoms with Crippen LogP contribution in [0.4, 0.5) is 10.5 Å². The minimum atomic E-state index is -0.756. The maximum atomic E-state index is 12.4. The van der Waals surface area contributed by atoms with Crippen LogP contribution in [0.3, 0.4) is 0 Å². The van der Waals surface area contributed by atoms with Crippen LogP contribution in [0.5, 0.6) is 0 Å². The number of nitrogens with one attached hydrogen (secondary N) is 1. The van der Waals surface area contributed by atoms with Gasteiger partial charge in [-0.2, -0.15) is 0 Å². The predicted molar refractivity (Wildman–Crippen MR) is 122 cm³/mol. The molecule has 0 aliphatic heterocycles. The van der Waals surface area contributed by atoms with Gasteiger partial charge in [0.2, 0.25) is 0 Å². The fraction of sp³-hybridized carbons (Fsp3) is 0.292. The van der Waals surface area contributed by atoms with Gasteiger partial charge in [-0.25, -0.2) is 4.79 Å². The van der Waals surface area contributed by atoms with Gasteiger partial charge in [-0.15, -0.1) is 0 Å². The normalized spacial score (nSPS) is 11.7. The number of benzene rings is 2. The lowest BCUT2D eigenvalue weighted by molar-refractivity contribution is -0.137. The third kappa shape index (κ3) is 6.59. The van der Waals surface area contributed by atoms with Gasteiger partial charge in [-0.05, 0) is 37.8 Å². The lowest BCUT2D eigenvalue weighted by Crippen LogP contribution is -2.16. The van der Waals surface area contributed by atoms with Crippen LogP contribution in [0.1, 0.15) is 49.8 Å². The smallest absolute Gasteiger partial charge is 0.412 e. The molecule has 1 heterocycles. The summed E-state index contributed by atoms with van der Waals surface area (Å²) in [4.78, 5) is 22.9. The number of aryl methyl sites for hydroxylation is 1. The number of ether oxygens (including phenoxy) is 1. The molecule has 1 aromatic heterocycles. The summed E-state index contributed by atoms with van der Waals surface area (Å²) < 4.78 is 10.5. The standard InChI is InChI=1S/C24H25ClN2O5/c1-16(19-8-5-6-9-20(19)25)32-24(30)26-21-15-31-27-23(21)18-13-11-17(12-14-18)7-3-2-4-10-22(28)29/h5-6,8-9,11-16H,2-4,7,10H2,1H3,(H,26,30)(H,28,29)/t16-/m1/s1. The molecule has 168 valence electrons. The number of carboxylic acids is 1. The Morgan fingerprint density at radius 2 is 1.88 bits per heavy atom. The van der Waals surface area contributed by atoms with E-state index in [1.165, 1.54) is 6.26 Å². The van der Waals surface area contributed by atoms with Gasteiger partial charge in [-0.3, -0.25) is 10.1 Å². The molecule has 0 bridgehead atoms. The van der Waals surface area contributed by atoms with Crippen molar-refractivity contribution in [3.8, 4) is 11.3 Å². The van der Waals surface area contributed by atoms with E-state index in [0.29, 0.717) is 28.4 Å². The number of aliphatic carboxylic acids is 1. The van der Waals surface area contributed by atoms with Crippen molar-refractivity contribution in [2.24, 2.45) is 0 Å². The topological polar surface area (TPSA) is 102 Å². The average molecular weight is 457 g/mol. The molecule has 32 heavy (non-hydrogen) atoms. The predicted octanol–water partition coefficient (Wildman–Crippen LogP) is 6.49. The third-order valence-electron chi connectivity index (χ3n) is 5.02. The molecule has 0 aliphatic carbocycles. The van der Waals surface area contributed by atoms with Crippen LogP contribution in [0.15, 0.2) is 59.3 Å². The van der Waals surface area contributed by atoms with Gasteiger partial charge in [0.1, 0.15) is 23.7 Å². The molecule has 0 aliphatic rings. The fourth-order valence-corrected chi connectivity index (χ4v) is 3.60. The molecule has 0 spiro atoms. The van der Waals surface area contributed by atoms with Crippen LogP contribution < -0.4 is 5.32 Å². The second-order valence-corrected chi connectivity index (χ2v) is 7.83. The Bertz CT molecular complexity index is 1050. The highest BCUT2D eigenvalue weighted by molar-refractivity contribution is 6.31. The highest BCUT2D eigenvalue weighted by Crippen LogP contribution is 2.29. The van der Waals surface area contributed by atoms with Gasteiger partial charge in [0.05, 0.1) is 0 Å². The van der Waals surface area contributed by atoms with Crippen LogP contribution in [0, 0.1) is 0 Å². The first kappa shape index (κ1) is 23.3. The molecule has 1 atom stereocenters. The molecule has 7 nitrogen and oxygen atoms in total. The van der Waals surface area contributed by atoms with Gasteiger partial charge in [0.15, 0.2) is 0 Å². The Balaban J connectivity index is 1.56. The Kier molecular flexibility index (Phi) is 8.27. The molecule has 2 aromatic carbocycles. The summed E-state index contributed by atoms with van der Waals surface area (Å²) in [5, 5.41) is 15.9. The molecular weight excluding hydrogens is 432 g/mol. The van der Waals surface area contributed by atoms with Gasteiger partial charge < -0.3 is 14.4 Å².